The summed E-state index contributed by atoms with van der Waals surface area (Å²) >= 11 is 1.16. The van der Waals surface area contributed by atoms with E-state index in [-0.39, 0.29) is 40.6 Å². The minimum atomic E-state index is -3.67. The van der Waals surface area contributed by atoms with Gasteiger partial charge in [-0.05, 0) is 30.4 Å². The minimum absolute atomic E-state index is 0.0774. The average Bonchev–Trinajstić information content (AvgIpc) is 3.36. The Morgan fingerprint density at radius 3 is 2.74 bits per heavy atom. The van der Waals surface area contributed by atoms with E-state index in [1.54, 1.807) is 41.6 Å². The topological polar surface area (TPSA) is 100 Å². The Labute approximate surface area is 212 Å². The zero-order chi connectivity index (χ0) is 25.8. The van der Waals surface area contributed by atoms with Crippen LogP contribution in [-0.4, -0.2) is 72.5 Å². The maximum Gasteiger partial charge on any atom is 0.259 e. The summed E-state index contributed by atoms with van der Waals surface area (Å²) in [4.78, 5) is 19.4. The molecule has 1 N–H and O–H groups in total. The highest BCUT2D eigenvalue weighted by Gasteiger charge is 2.36. The van der Waals surface area contributed by atoms with Gasteiger partial charge in [0.1, 0.15) is 15.9 Å². The van der Waals surface area contributed by atoms with Crippen molar-refractivity contribution in [2.24, 2.45) is 11.8 Å². The van der Waals surface area contributed by atoms with Crippen LogP contribution >= 0.6 is 11.3 Å². The third kappa shape index (κ3) is 6.41. The van der Waals surface area contributed by atoms with Crippen LogP contribution in [0.15, 0.2) is 34.0 Å². The van der Waals surface area contributed by atoms with E-state index in [1.807, 2.05) is 6.92 Å². The van der Waals surface area contributed by atoms with Crippen LogP contribution in [0.25, 0.3) is 0 Å². The van der Waals surface area contributed by atoms with Crippen molar-refractivity contribution >= 4 is 27.3 Å². The summed E-state index contributed by atoms with van der Waals surface area (Å²) in [5.74, 6) is 6.19. The zero-order valence-corrected chi connectivity index (χ0v) is 22.4. The highest BCUT2D eigenvalue weighted by Crippen LogP contribution is 2.28. The molecule has 1 aliphatic heterocycles. The van der Waals surface area contributed by atoms with Crippen LogP contribution in [0.3, 0.4) is 0 Å². The summed E-state index contributed by atoms with van der Waals surface area (Å²) in [6.07, 6.45) is 1.72. The second kappa shape index (κ2) is 11.5. The lowest BCUT2D eigenvalue weighted by molar-refractivity contribution is 0.0373. The Balaban J connectivity index is 1.97. The Bertz CT molecular complexity index is 1190. The van der Waals surface area contributed by atoms with Crippen LogP contribution in [0.1, 0.15) is 50.0 Å². The summed E-state index contributed by atoms with van der Waals surface area (Å²) in [7, 11) is -2.15. The molecule has 190 valence electrons. The molecule has 0 aromatic carbocycles. The molecule has 0 radical (unpaired) electrons. The number of amides is 1. The second-order valence-electron chi connectivity index (χ2n) is 9.32. The smallest absolute Gasteiger partial charge is 0.259 e. The number of sulfonamides is 1. The number of aliphatic hydroxyl groups is 1. The highest BCUT2D eigenvalue weighted by atomic mass is 32.2. The third-order valence-corrected chi connectivity index (χ3v) is 9.06. The number of fused-ring (bicyclic) bond motifs is 1. The SMILES string of the molecule is CC(C)CC#Cc1cnc2c(c1)C(=O)N([C@@H](C)CO)C[C@@H](C)[C@@H](CN(C)S(=O)(=O)c1cccs1)O2. The largest absolute Gasteiger partial charge is 0.472 e. The zero-order valence-electron chi connectivity index (χ0n) is 20.8. The summed E-state index contributed by atoms with van der Waals surface area (Å²) in [5.41, 5.74) is 0.850. The van der Waals surface area contributed by atoms with Gasteiger partial charge in [-0.15, -0.1) is 11.3 Å². The molecule has 8 nitrogen and oxygen atoms in total. The van der Waals surface area contributed by atoms with Crippen LogP contribution in [0.2, 0.25) is 0 Å². The number of pyridine rings is 1. The molecule has 1 aliphatic rings. The third-order valence-electron chi connectivity index (χ3n) is 5.86. The van der Waals surface area contributed by atoms with Crippen LogP contribution in [-0.2, 0) is 10.0 Å². The van der Waals surface area contributed by atoms with Crippen molar-refractivity contribution in [3.63, 3.8) is 0 Å². The first-order valence-corrected chi connectivity index (χ1v) is 13.9. The molecule has 3 heterocycles. The molecule has 0 fully saturated rings. The van der Waals surface area contributed by atoms with E-state index in [2.05, 4.69) is 30.7 Å². The second-order valence-corrected chi connectivity index (χ2v) is 12.5. The molecular weight excluding hydrogens is 486 g/mol. The molecule has 2 aromatic heterocycles. The number of hydrogen-bond acceptors (Lipinski definition) is 7. The molecule has 0 spiro atoms. The monoisotopic (exact) mass is 519 g/mol. The lowest BCUT2D eigenvalue weighted by atomic mass is 10.00. The maximum absolute atomic E-state index is 13.5. The fourth-order valence-corrected chi connectivity index (χ4v) is 6.05. The molecule has 0 unspecified atom stereocenters. The van der Waals surface area contributed by atoms with Gasteiger partial charge in [0.15, 0.2) is 0 Å². The number of aliphatic hydroxyl groups excluding tert-OH is 1. The first-order chi connectivity index (χ1) is 16.5. The highest BCUT2D eigenvalue weighted by molar-refractivity contribution is 7.91. The number of likely N-dealkylation sites (N-methyl/N-ethyl adjacent to an activating group) is 1. The van der Waals surface area contributed by atoms with Gasteiger partial charge in [-0.3, -0.25) is 4.79 Å². The Kier molecular flexibility index (Phi) is 8.94. The lowest BCUT2D eigenvalue weighted by Gasteiger charge is -2.37. The molecule has 0 saturated heterocycles. The van der Waals surface area contributed by atoms with Crippen molar-refractivity contribution in [3.8, 4) is 17.7 Å². The summed E-state index contributed by atoms with van der Waals surface area (Å²) in [5, 5.41) is 11.5. The molecular formula is C25H33N3O5S2. The van der Waals surface area contributed by atoms with E-state index in [9.17, 15) is 18.3 Å². The summed E-state index contributed by atoms with van der Waals surface area (Å²) in [6.45, 7) is 8.00. The van der Waals surface area contributed by atoms with Gasteiger partial charge in [-0.1, -0.05) is 38.7 Å². The number of thiophene rings is 1. The fourth-order valence-electron chi connectivity index (χ4n) is 3.66. The van der Waals surface area contributed by atoms with E-state index < -0.39 is 22.2 Å². The van der Waals surface area contributed by atoms with Gasteiger partial charge in [0, 0.05) is 37.7 Å². The van der Waals surface area contributed by atoms with Crippen LogP contribution in [0.4, 0.5) is 0 Å². The van der Waals surface area contributed by atoms with Gasteiger partial charge in [0.05, 0.1) is 19.2 Å². The van der Waals surface area contributed by atoms with Crippen molar-refractivity contribution < 1.29 is 23.1 Å². The normalized spacial score (nSPS) is 19.4. The first-order valence-electron chi connectivity index (χ1n) is 11.6. The predicted molar refractivity (Wildman–Crippen MR) is 136 cm³/mol. The van der Waals surface area contributed by atoms with Gasteiger partial charge in [-0.2, -0.15) is 4.31 Å². The van der Waals surface area contributed by atoms with E-state index in [1.165, 1.54) is 11.4 Å². The van der Waals surface area contributed by atoms with Crippen molar-refractivity contribution in [1.82, 2.24) is 14.2 Å². The summed E-state index contributed by atoms with van der Waals surface area (Å²) < 4.78 is 33.7. The molecule has 0 bridgehead atoms. The Morgan fingerprint density at radius 1 is 1.37 bits per heavy atom. The quantitative estimate of drug-likeness (QED) is 0.565. The van der Waals surface area contributed by atoms with Crippen molar-refractivity contribution in [1.29, 1.82) is 0 Å². The number of carbonyl (C=O) groups excluding carboxylic acids is 1. The van der Waals surface area contributed by atoms with E-state index in [0.717, 1.165) is 17.8 Å². The van der Waals surface area contributed by atoms with E-state index >= 15 is 0 Å². The maximum atomic E-state index is 13.5. The number of aromatic nitrogens is 1. The number of ether oxygens (including phenoxy) is 1. The number of hydrogen-bond donors (Lipinski definition) is 1. The minimum Gasteiger partial charge on any atom is -0.472 e. The Hall–Kier alpha value is -2.45. The number of nitrogens with zero attached hydrogens (tertiary/aromatic N) is 3. The van der Waals surface area contributed by atoms with Gasteiger partial charge < -0.3 is 14.7 Å². The van der Waals surface area contributed by atoms with Gasteiger partial charge in [-0.25, -0.2) is 13.4 Å². The molecule has 35 heavy (non-hydrogen) atoms. The van der Waals surface area contributed by atoms with Gasteiger partial charge in [0.25, 0.3) is 15.9 Å². The van der Waals surface area contributed by atoms with Crippen LogP contribution < -0.4 is 4.74 Å². The Morgan fingerprint density at radius 2 is 2.11 bits per heavy atom. The van der Waals surface area contributed by atoms with E-state index in [0.29, 0.717) is 18.0 Å². The molecule has 2 aromatic rings. The van der Waals surface area contributed by atoms with Gasteiger partial charge in [0.2, 0.25) is 5.88 Å². The van der Waals surface area contributed by atoms with Crippen molar-refractivity contribution in [2.45, 2.75) is 50.5 Å². The molecule has 3 rings (SSSR count). The number of rotatable bonds is 7. The molecule has 10 heteroatoms. The summed E-state index contributed by atoms with van der Waals surface area (Å²) in [6, 6.07) is 4.50. The number of carbonyl (C=O) groups is 1. The molecule has 3 atom stereocenters. The fraction of sp³-hybridized carbons (Fsp3) is 0.520. The standard InChI is InChI=1S/C25H33N3O5S2/c1-17(2)8-6-9-20-12-21-24(26-13-20)33-22(18(3)14-28(25(21)30)19(4)16-29)15-27(5)35(31,32)23-10-7-11-34-23/h7,10-13,17-19,22,29H,8,14-16H2,1-5H3/t18-,19+,22-/m1/s1. The van der Waals surface area contributed by atoms with E-state index in [4.69, 9.17) is 4.74 Å². The predicted octanol–water partition coefficient (Wildman–Crippen LogP) is 3.08. The van der Waals surface area contributed by atoms with Crippen LogP contribution in [0.5, 0.6) is 5.88 Å². The molecule has 1 amide bonds. The van der Waals surface area contributed by atoms with Crippen molar-refractivity contribution in [2.75, 3.05) is 26.7 Å². The average molecular weight is 520 g/mol. The first kappa shape index (κ1) is 27.1. The van der Waals surface area contributed by atoms with Crippen molar-refractivity contribution in [3.05, 3.63) is 40.9 Å². The van der Waals surface area contributed by atoms with Crippen LogP contribution in [0, 0.1) is 23.7 Å². The molecule has 0 saturated carbocycles. The van der Waals surface area contributed by atoms with Gasteiger partial charge >= 0.3 is 0 Å². The molecule has 0 aliphatic carbocycles. The lowest BCUT2D eigenvalue weighted by Crippen LogP contribution is -2.50.